The van der Waals surface area contributed by atoms with Gasteiger partial charge in [0.1, 0.15) is 6.04 Å². The maximum atomic E-state index is 11.9. The van der Waals surface area contributed by atoms with Crippen molar-refractivity contribution in [2.24, 2.45) is 0 Å². The molecule has 2 rings (SSSR count). The number of carbonyl (C=O) groups is 3. The van der Waals surface area contributed by atoms with Gasteiger partial charge in [-0.05, 0) is 25.5 Å². The fourth-order valence-corrected chi connectivity index (χ4v) is 1.86. The van der Waals surface area contributed by atoms with E-state index in [2.05, 4.69) is 10.6 Å². The molecule has 1 atom stereocenters. The van der Waals surface area contributed by atoms with Gasteiger partial charge in [-0.3, -0.25) is 19.7 Å². The lowest BCUT2D eigenvalue weighted by Crippen LogP contribution is -2.52. The number of amides is 3. The van der Waals surface area contributed by atoms with E-state index in [4.69, 9.17) is 0 Å². The highest BCUT2D eigenvalue weighted by Gasteiger charge is 2.27. The molecule has 2 N–H and O–H groups in total. The van der Waals surface area contributed by atoms with E-state index in [1.54, 1.807) is 18.2 Å². The summed E-state index contributed by atoms with van der Waals surface area (Å²) >= 11 is 0. The normalized spacial score (nSPS) is 19.3. The molecule has 5 nitrogen and oxygen atoms in total. The molecule has 0 aromatic heterocycles. The van der Waals surface area contributed by atoms with Crippen LogP contribution < -0.4 is 10.6 Å². The highest BCUT2D eigenvalue weighted by atomic mass is 16.2. The number of hydrogen-bond acceptors (Lipinski definition) is 3. The smallest absolute Gasteiger partial charge is 0.251 e. The van der Waals surface area contributed by atoms with Crippen LogP contribution in [0.3, 0.4) is 0 Å². The van der Waals surface area contributed by atoms with Crippen molar-refractivity contribution in [1.29, 1.82) is 0 Å². The van der Waals surface area contributed by atoms with Crippen LogP contribution in [-0.2, 0) is 9.59 Å². The summed E-state index contributed by atoms with van der Waals surface area (Å²) in [5, 5.41) is 4.83. The predicted octanol–water partition coefficient (Wildman–Crippen LogP) is 0.530. The second-order valence-corrected chi connectivity index (χ2v) is 4.35. The fourth-order valence-electron chi connectivity index (χ4n) is 1.86. The summed E-state index contributed by atoms with van der Waals surface area (Å²) in [7, 11) is 0. The van der Waals surface area contributed by atoms with E-state index < -0.39 is 11.9 Å². The molecular weight excluding hydrogens is 232 g/mol. The van der Waals surface area contributed by atoms with E-state index in [0.717, 1.165) is 5.56 Å². The van der Waals surface area contributed by atoms with Crippen molar-refractivity contribution in [1.82, 2.24) is 10.6 Å². The standard InChI is InChI=1S/C13H14N2O3/c1-8-3-2-4-9(7-8)12(17)14-10-5-6-11(16)15-13(10)18/h2-4,7,10H,5-6H2,1H3,(H,14,17)(H,15,16,18). The molecule has 0 spiro atoms. The maximum Gasteiger partial charge on any atom is 0.251 e. The third kappa shape index (κ3) is 2.74. The summed E-state index contributed by atoms with van der Waals surface area (Å²) in [6.07, 6.45) is 0.604. The van der Waals surface area contributed by atoms with Crippen molar-refractivity contribution in [3.8, 4) is 0 Å². The van der Waals surface area contributed by atoms with Crippen LogP contribution in [0.4, 0.5) is 0 Å². The molecule has 3 amide bonds. The Kier molecular flexibility index (Phi) is 3.41. The van der Waals surface area contributed by atoms with E-state index in [1.165, 1.54) is 0 Å². The summed E-state index contributed by atoms with van der Waals surface area (Å²) in [5.74, 6) is -1.03. The zero-order chi connectivity index (χ0) is 13.1. The molecule has 0 bridgehead atoms. The number of aryl methyl sites for hydroxylation is 1. The molecule has 1 aliphatic rings. The van der Waals surface area contributed by atoms with Gasteiger partial charge in [0.25, 0.3) is 5.91 Å². The number of nitrogens with one attached hydrogen (secondary N) is 2. The summed E-state index contributed by atoms with van der Waals surface area (Å²) < 4.78 is 0. The minimum absolute atomic E-state index is 0.254. The summed E-state index contributed by atoms with van der Waals surface area (Å²) in [6, 6.07) is 6.49. The van der Waals surface area contributed by atoms with Gasteiger partial charge in [-0.15, -0.1) is 0 Å². The molecule has 5 heteroatoms. The third-order valence-corrected chi connectivity index (χ3v) is 2.82. The fraction of sp³-hybridized carbons (Fsp3) is 0.308. The monoisotopic (exact) mass is 246 g/mol. The number of benzene rings is 1. The lowest BCUT2D eigenvalue weighted by atomic mass is 10.1. The number of carbonyl (C=O) groups excluding carboxylic acids is 3. The van der Waals surface area contributed by atoms with Crippen LogP contribution in [0.1, 0.15) is 28.8 Å². The highest BCUT2D eigenvalue weighted by Crippen LogP contribution is 2.08. The molecule has 18 heavy (non-hydrogen) atoms. The van der Waals surface area contributed by atoms with E-state index in [1.807, 2.05) is 13.0 Å². The summed E-state index contributed by atoms with van der Waals surface area (Å²) in [6.45, 7) is 1.89. The van der Waals surface area contributed by atoms with Crippen molar-refractivity contribution in [3.05, 3.63) is 35.4 Å². The largest absolute Gasteiger partial charge is 0.340 e. The Hall–Kier alpha value is -2.17. The van der Waals surface area contributed by atoms with Crippen LogP contribution in [0.5, 0.6) is 0 Å². The average Bonchev–Trinajstić information content (AvgIpc) is 2.32. The Morgan fingerprint density at radius 3 is 2.83 bits per heavy atom. The minimum Gasteiger partial charge on any atom is -0.340 e. The molecule has 0 radical (unpaired) electrons. The van der Waals surface area contributed by atoms with Gasteiger partial charge in [-0.2, -0.15) is 0 Å². The Balaban J connectivity index is 2.03. The third-order valence-electron chi connectivity index (χ3n) is 2.82. The Labute approximate surface area is 105 Å². The number of imide groups is 1. The van der Waals surface area contributed by atoms with Crippen LogP contribution in [0.15, 0.2) is 24.3 Å². The first-order chi connectivity index (χ1) is 8.56. The average molecular weight is 246 g/mol. The van der Waals surface area contributed by atoms with Gasteiger partial charge >= 0.3 is 0 Å². The van der Waals surface area contributed by atoms with Crippen LogP contribution in [0, 0.1) is 6.92 Å². The maximum absolute atomic E-state index is 11.9. The molecule has 1 fully saturated rings. The number of hydrogen-bond donors (Lipinski definition) is 2. The lowest BCUT2D eigenvalue weighted by molar-refractivity contribution is -0.134. The van der Waals surface area contributed by atoms with E-state index in [9.17, 15) is 14.4 Å². The predicted molar refractivity (Wildman–Crippen MR) is 64.8 cm³/mol. The molecule has 1 aromatic rings. The van der Waals surface area contributed by atoms with Gasteiger partial charge in [0.2, 0.25) is 11.8 Å². The Morgan fingerprint density at radius 1 is 1.39 bits per heavy atom. The second kappa shape index (κ2) is 5.00. The zero-order valence-corrected chi connectivity index (χ0v) is 10.0. The number of rotatable bonds is 2. The highest BCUT2D eigenvalue weighted by molar-refractivity contribution is 6.03. The van der Waals surface area contributed by atoms with Gasteiger partial charge in [-0.1, -0.05) is 17.7 Å². The molecule has 0 saturated carbocycles. The van der Waals surface area contributed by atoms with Crippen molar-refractivity contribution < 1.29 is 14.4 Å². The van der Waals surface area contributed by atoms with Gasteiger partial charge in [-0.25, -0.2) is 0 Å². The van der Waals surface area contributed by atoms with Crippen LogP contribution >= 0.6 is 0 Å². The SMILES string of the molecule is Cc1cccc(C(=O)NC2CCC(=O)NC2=O)c1. The first-order valence-electron chi connectivity index (χ1n) is 5.77. The van der Waals surface area contributed by atoms with Crippen molar-refractivity contribution >= 4 is 17.7 Å². The van der Waals surface area contributed by atoms with Gasteiger partial charge in [0.15, 0.2) is 0 Å². The molecule has 1 unspecified atom stereocenters. The second-order valence-electron chi connectivity index (χ2n) is 4.35. The lowest BCUT2D eigenvalue weighted by Gasteiger charge is -2.21. The summed E-state index contributed by atoms with van der Waals surface area (Å²) in [5.41, 5.74) is 1.49. The molecule has 1 aliphatic heterocycles. The van der Waals surface area contributed by atoms with Crippen molar-refractivity contribution in [3.63, 3.8) is 0 Å². The molecular formula is C13H14N2O3. The van der Waals surface area contributed by atoms with Gasteiger partial charge < -0.3 is 5.32 Å². The van der Waals surface area contributed by atoms with E-state index in [0.29, 0.717) is 12.0 Å². The van der Waals surface area contributed by atoms with E-state index >= 15 is 0 Å². The first-order valence-corrected chi connectivity index (χ1v) is 5.77. The van der Waals surface area contributed by atoms with Crippen molar-refractivity contribution in [2.75, 3.05) is 0 Å². The van der Waals surface area contributed by atoms with Crippen LogP contribution in [0.25, 0.3) is 0 Å². The van der Waals surface area contributed by atoms with Gasteiger partial charge in [0.05, 0.1) is 0 Å². The van der Waals surface area contributed by atoms with Crippen molar-refractivity contribution in [2.45, 2.75) is 25.8 Å². The van der Waals surface area contributed by atoms with E-state index in [-0.39, 0.29) is 18.2 Å². The molecule has 1 saturated heterocycles. The summed E-state index contributed by atoms with van der Waals surface area (Å²) in [4.78, 5) is 34.4. The van der Waals surface area contributed by atoms with Crippen LogP contribution in [-0.4, -0.2) is 23.8 Å². The molecule has 94 valence electrons. The van der Waals surface area contributed by atoms with Gasteiger partial charge in [0, 0.05) is 12.0 Å². The Morgan fingerprint density at radius 2 is 2.17 bits per heavy atom. The first kappa shape index (κ1) is 12.3. The number of piperidine rings is 1. The molecule has 0 aliphatic carbocycles. The zero-order valence-electron chi connectivity index (χ0n) is 10.0. The molecule has 1 aromatic carbocycles. The quantitative estimate of drug-likeness (QED) is 0.747. The van der Waals surface area contributed by atoms with Crippen LogP contribution in [0.2, 0.25) is 0 Å². The molecule has 1 heterocycles. The Bertz CT molecular complexity index is 511. The minimum atomic E-state index is -0.629. The topological polar surface area (TPSA) is 75.3 Å².